The van der Waals surface area contributed by atoms with Crippen LogP contribution in [-0.2, 0) is 11.3 Å². The van der Waals surface area contributed by atoms with Crippen molar-refractivity contribution >= 4 is 11.6 Å². The Labute approximate surface area is 186 Å². The summed E-state index contributed by atoms with van der Waals surface area (Å²) in [6.45, 7) is 6.00. The Morgan fingerprint density at radius 2 is 1.97 bits per heavy atom. The number of carbonyl (C=O) groups is 1. The number of hydrogen-bond acceptors (Lipinski definition) is 6. The first-order chi connectivity index (χ1) is 15.5. The highest BCUT2D eigenvalue weighted by molar-refractivity contribution is 5.92. The Morgan fingerprint density at radius 1 is 1.22 bits per heavy atom. The number of benzene rings is 2. The quantitative estimate of drug-likeness (QED) is 0.585. The zero-order chi connectivity index (χ0) is 22.5. The van der Waals surface area contributed by atoms with Crippen molar-refractivity contribution in [2.24, 2.45) is 5.92 Å². The molecule has 0 aliphatic carbocycles. The third-order valence-electron chi connectivity index (χ3n) is 5.36. The lowest BCUT2D eigenvalue weighted by molar-refractivity contribution is -0.121. The molecule has 0 atom stereocenters. The molecule has 4 rings (SSSR count). The third-order valence-corrected chi connectivity index (χ3v) is 5.36. The van der Waals surface area contributed by atoms with Gasteiger partial charge >= 0.3 is 0 Å². The Balaban J connectivity index is 1.27. The van der Waals surface area contributed by atoms with Crippen LogP contribution in [0.25, 0.3) is 11.4 Å². The molecular weight excluding hydrogens is 411 g/mol. The molecule has 1 aliphatic heterocycles. The van der Waals surface area contributed by atoms with E-state index in [1.807, 2.05) is 38.1 Å². The van der Waals surface area contributed by atoms with Gasteiger partial charge < -0.3 is 14.6 Å². The van der Waals surface area contributed by atoms with Gasteiger partial charge in [-0.2, -0.15) is 4.98 Å². The second-order valence-electron chi connectivity index (χ2n) is 8.25. The summed E-state index contributed by atoms with van der Waals surface area (Å²) >= 11 is 0. The van der Waals surface area contributed by atoms with Crippen LogP contribution in [0.5, 0.6) is 5.75 Å². The van der Waals surface area contributed by atoms with Crippen LogP contribution in [0.1, 0.15) is 32.6 Å². The monoisotopic (exact) mass is 438 g/mol. The van der Waals surface area contributed by atoms with Gasteiger partial charge in [0.15, 0.2) is 0 Å². The molecule has 1 aromatic heterocycles. The van der Waals surface area contributed by atoms with E-state index in [0.29, 0.717) is 23.8 Å². The number of halogens is 1. The number of nitrogens with one attached hydrogen (secondary N) is 1. The predicted molar refractivity (Wildman–Crippen MR) is 119 cm³/mol. The van der Waals surface area contributed by atoms with Crippen molar-refractivity contribution in [3.63, 3.8) is 0 Å². The minimum atomic E-state index is -0.305. The van der Waals surface area contributed by atoms with Crippen molar-refractivity contribution in [2.75, 3.05) is 18.4 Å². The molecule has 1 amide bonds. The summed E-state index contributed by atoms with van der Waals surface area (Å²) in [5.41, 5.74) is 1.45. The van der Waals surface area contributed by atoms with E-state index in [1.165, 1.54) is 12.1 Å². The van der Waals surface area contributed by atoms with Crippen molar-refractivity contribution in [1.82, 2.24) is 15.0 Å². The number of nitrogens with zero attached hydrogens (tertiary/aromatic N) is 3. The third kappa shape index (κ3) is 5.70. The van der Waals surface area contributed by atoms with Crippen LogP contribution in [0.2, 0.25) is 0 Å². The number of hydrogen-bond donors (Lipinski definition) is 1. The van der Waals surface area contributed by atoms with Gasteiger partial charge in [-0.05, 0) is 76.2 Å². The minimum absolute atomic E-state index is 0.0303. The fourth-order valence-corrected chi connectivity index (χ4v) is 3.74. The van der Waals surface area contributed by atoms with Crippen LogP contribution >= 0.6 is 0 Å². The molecule has 0 saturated carbocycles. The van der Waals surface area contributed by atoms with Crippen LogP contribution in [0, 0.1) is 11.7 Å². The van der Waals surface area contributed by atoms with Crippen LogP contribution in [0.15, 0.2) is 53.1 Å². The summed E-state index contributed by atoms with van der Waals surface area (Å²) in [7, 11) is 0. The zero-order valence-electron chi connectivity index (χ0n) is 18.3. The summed E-state index contributed by atoms with van der Waals surface area (Å²) in [6, 6.07) is 13.5. The molecule has 1 N–H and O–H groups in total. The topological polar surface area (TPSA) is 80.5 Å². The number of likely N-dealkylation sites (tertiary alicyclic amines) is 1. The van der Waals surface area contributed by atoms with Crippen molar-refractivity contribution in [3.8, 4) is 17.1 Å². The van der Waals surface area contributed by atoms with Crippen molar-refractivity contribution < 1.29 is 18.4 Å². The lowest BCUT2D eigenvalue weighted by atomic mass is 9.96. The highest BCUT2D eigenvalue weighted by atomic mass is 19.1. The molecule has 0 spiro atoms. The van der Waals surface area contributed by atoms with Crippen LogP contribution in [-0.4, -0.2) is 40.1 Å². The molecule has 1 saturated heterocycles. The van der Waals surface area contributed by atoms with E-state index in [-0.39, 0.29) is 23.7 Å². The van der Waals surface area contributed by atoms with Gasteiger partial charge in [-0.15, -0.1) is 0 Å². The first-order valence-electron chi connectivity index (χ1n) is 10.8. The van der Waals surface area contributed by atoms with Gasteiger partial charge in [-0.1, -0.05) is 11.2 Å². The summed E-state index contributed by atoms with van der Waals surface area (Å²) in [5.74, 6) is 1.38. The SMILES string of the molecule is CC(C)Oc1cccc(NC(=O)C2CCN(Cc3nc(-c4ccc(F)cc4)no3)CC2)c1. The largest absolute Gasteiger partial charge is 0.491 e. The second kappa shape index (κ2) is 9.91. The van der Waals surface area contributed by atoms with E-state index >= 15 is 0 Å². The molecule has 0 unspecified atom stereocenters. The fraction of sp³-hybridized carbons (Fsp3) is 0.375. The van der Waals surface area contributed by atoms with Gasteiger partial charge in [-0.25, -0.2) is 4.39 Å². The van der Waals surface area contributed by atoms with E-state index in [4.69, 9.17) is 9.26 Å². The molecule has 7 nitrogen and oxygen atoms in total. The smallest absolute Gasteiger partial charge is 0.241 e. The summed E-state index contributed by atoms with van der Waals surface area (Å²) < 4.78 is 24.1. The van der Waals surface area contributed by atoms with Crippen LogP contribution in [0.3, 0.4) is 0 Å². The molecule has 32 heavy (non-hydrogen) atoms. The summed E-state index contributed by atoms with van der Waals surface area (Å²) in [5, 5.41) is 7.00. The van der Waals surface area contributed by atoms with Crippen LogP contribution < -0.4 is 10.1 Å². The summed E-state index contributed by atoms with van der Waals surface area (Å²) in [4.78, 5) is 19.3. The normalized spacial score (nSPS) is 15.1. The van der Waals surface area contributed by atoms with E-state index in [2.05, 4.69) is 20.4 Å². The van der Waals surface area contributed by atoms with Gasteiger partial charge in [0.2, 0.25) is 17.6 Å². The maximum atomic E-state index is 13.1. The van der Waals surface area contributed by atoms with Crippen LogP contribution in [0.4, 0.5) is 10.1 Å². The molecule has 1 aliphatic rings. The highest BCUT2D eigenvalue weighted by Crippen LogP contribution is 2.24. The van der Waals surface area contributed by atoms with Crippen molar-refractivity contribution in [2.45, 2.75) is 39.3 Å². The lowest BCUT2D eigenvalue weighted by Gasteiger charge is -2.30. The Bertz CT molecular complexity index is 1040. The standard InChI is InChI=1S/C24H27FN4O3/c1-16(2)31-21-5-3-4-20(14-21)26-24(30)18-10-12-29(13-11-18)15-22-27-23(28-32-22)17-6-8-19(25)9-7-17/h3-9,14,16,18H,10-13,15H2,1-2H3,(H,26,30). The number of piperidine rings is 1. The van der Waals surface area contributed by atoms with Gasteiger partial charge in [0.25, 0.3) is 0 Å². The lowest BCUT2D eigenvalue weighted by Crippen LogP contribution is -2.37. The Morgan fingerprint density at radius 3 is 2.69 bits per heavy atom. The fourth-order valence-electron chi connectivity index (χ4n) is 3.74. The molecule has 168 valence electrons. The number of aromatic nitrogens is 2. The maximum Gasteiger partial charge on any atom is 0.241 e. The molecule has 3 aromatic rings. The number of rotatable bonds is 7. The van der Waals surface area contributed by atoms with E-state index in [1.54, 1.807) is 12.1 Å². The summed E-state index contributed by atoms with van der Waals surface area (Å²) in [6.07, 6.45) is 1.59. The maximum absolute atomic E-state index is 13.1. The number of carbonyl (C=O) groups excluding carboxylic acids is 1. The van der Waals surface area contributed by atoms with E-state index in [0.717, 1.165) is 37.4 Å². The Hall–Kier alpha value is -3.26. The molecule has 1 fully saturated rings. The minimum Gasteiger partial charge on any atom is -0.491 e. The van der Waals surface area contributed by atoms with Gasteiger partial charge in [-0.3, -0.25) is 9.69 Å². The van der Waals surface area contributed by atoms with E-state index < -0.39 is 0 Å². The molecule has 8 heteroatoms. The van der Waals surface area contributed by atoms with Gasteiger partial charge in [0, 0.05) is 23.2 Å². The average Bonchev–Trinajstić information content (AvgIpc) is 3.23. The molecule has 2 aromatic carbocycles. The second-order valence-corrected chi connectivity index (χ2v) is 8.25. The first-order valence-corrected chi connectivity index (χ1v) is 10.8. The predicted octanol–water partition coefficient (Wildman–Crippen LogP) is 4.51. The van der Waals surface area contributed by atoms with Gasteiger partial charge in [0.1, 0.15) is 11.6 Å². The molecule has 2 heterocycles. The number of anilines is 1. The zero-order valence-corrected chi connectivity index (χ0v) is 18.3. The molecule has 0 bridgehead atoms. The average molecular weight is 439 g/mol. The highest BCUT2D eigenvalue weighted by Gasteiger charge is 2.26. The molecular formula is C24H27FN4O3. The van der Waals surface area contributed by atoms with Crippen molar-refractivity contribution in [1.29, 1.82) is 0 Å². The van der Waals surface area contributed by atoms with E-state index in [9.17, 15) is 9.18 Å². The molecule has 0 radical (unpaired) electrons. The van der Waals surface area contributed by atoms with Crippen molar-refractivity contribution in [3.05, 3.63) is 60.2 Å². The van der Waals surface area contributed by atoms with Gasteiger partial charge in [0.05, 0.1) is 12.6 Å². The number of ether oxygens (including phenoxy) is 1. The Kier molecular flexibility index (Phi) is 6.80. The number of amides is 1. The first kappa shape index (κ1) is 22.0.